The van der Waals surface area contributed by atoms with E-state index in [0.717, 1.165) is 29.7 Å². The van der Waals surface area contributed by atoms with Gasteiger partial charge in [0.05, 0.1) is 5.69 Å². The molecule has 0 amide bonds. The highest BCUT2D eigenvalue weighted by molar-refractivity contribution is 7.15. The van der Waals surface area contributed by atoms with Crippen molar-refractivity contribution in [1.82, 2.24) is 14.3 Å². The van der Waals surface area contributed by atoms with Crippen LogP contribution in [0.15, 0.2) is 17.8 Å². The van der Waals surface area contributed by atoms with E-state index >= 15 is 0 Å². The smallest absolute Gasteiger partial charge is 0.193 e. The standard InChI is InChI=1S/C12H18N4S/c1-15(11(6-13)9-2-3-9)7-10-8-16-4-5-17-12(16)14-10/h4-5,8-9,11H,2-3,6-7,13H2,1H3. The number of fused-ring (bicyclic) bond motifs is 1. The minimum atomic E-state index is 0.523. The second kappa shape index (κ2) is 4.40. The van der Waals surface area contributed by atoms with Crippen LogP contribution in [0.1, 0.15) is 18.5 Å². The summed E-state index contributed by atoms with van der Waals surface area (Å²) in [6.45, 7) is 1.65. The first-order valence-corrected chi connectivity index (χ1v) is 6.97. The lowest BCUT2D eigenvalue weighted by Crippen LogP contribution is -2.39. The topological polar surface area (TPSA) is 46.6 Å². The predicted octanol–water partition coefficient (Wildman–Crippen LogP) is 1.56. The normalized spacial score (nSPS) is 18.1. The van der Waals surface area contributed by atoms with Gasteiger partial charge < -0.3 is 5.73 Å². The van der Waals surface area contributed by atoms with Crippen molar-refractivity contribution in [3.63, 3.8) is 0 Å². The molecule has 17 heavy (non-hydrogen) atoms. The molecule has 0 aromatic carbocycles. The number of imidazole rings is 1. The lowest BCUT2D eigenvalue weighted by Gasteiger charge is -2.25. The van der Waals surface area contributed by atoms with Crippen molar-refractivity contribution in [1.29, 1.82) is 0 Å². The van der Waals surface area contributed by atoms with Gasteiger partial charge in [0.25, 0.3) is 0 Å². The van der Waals surface area contributed by atoms with Crippen molar-refractivity contribution in [2.24, 2.45) is 11.7 Å². The van der Waals surface area contributed by atoms with Gasteiger partial charge in [-0.15, -0.1) is 11.3 Å². The Labute approximate surface area is 105 Å². The Morgan fingerprint density at radius 1 is 1.65 bits per heavy atom. The van der Waals surface area contributed by atoms with E-state index in [0.29, 0.717) is 6.04 Å². The highest BCUT2D eigenvalue weighted by atomic mass is 32.1. The van der Waals surface area contributed by atoms with Crippen LogP contribution in [0.5, 0.6) is 0 Å². The number of likely N-dealkylation sites (N-methyl/N-ethyl adjacent to an activating group) is 1. The molecule has 4 nitrogen and oxygen atoms in total. The molecular weight excluding hydrogens is 232 g/mol. The van der Waals surface area contributed by atoms with Gasteiger partial charge in [0.15, 0.2) is 4.96 Å². The van der Waals surface area contributed by atoms with Crippen LogP contribution in [-0.4, -0.2) is 33.9 Å². The number of aromatic nitrogens is 2. The van der Waals surface area contributed by atoms with E-state index in [2.05, 4.69) is 39.1 Å². The second-order valence-electron chi connectivity index (χ2n) is 4.88. The second-order valence-corrected chi connectivity index (χ2v) is 5.75. The molecular formula is C12H18N4S. The maximum Gasteiger partial charge on any atom is 0.193 e. The molecule has 3 rings (SSSR count). The van der Waals surface area contributed by atoms with Crippen LogP contribution in [0.2, 0.25) is 0 Å². The molecule has 1 saturated carbocycles. The average molecular weight is 250 g/mol. The van der Waals surface area contributed by atoms with Gasteiger partial charge in [0.1, 0.15) is 0 Å². The van der Waals surface area contributed by atoms with Crippen molar-refractivity contribution in [3.05, 3.63) is 23.5 Å². The largest absolute Gasteiger partial charge is 0.329 e. The summed E-state index contributed by atoms with van der Waals surface area (Å²) in [5.41, 5.74) is 7.00. The van der Waals surface area contributed by atoms with Crippen LogP contribution in [0, 0.1) is 5.92 Å². The Morgan fingerprint density at radius 3 is 3.12 bits per heavy atom. The third kappa shape index (κ3) is 2.22. The molecule has 0 aliphatic heterocycles. The number of thiazole rings is 1. The molecule has 1 unspecified atom stereocenters. The monoisotopic (exact) mass is 250 g/mol. The van der Waals surface area contributed by atoms with Gasteiger partial charge in [-0.25, -0.2) is 4.98 Å². The molecule has 2 aromatic rings. The fraction of sp³-hybridized carbons (Fsp3) is 0.583. The van der Waals surface area contributed by atoms with Gasteiger partial charge >= 0.3 is 0 Å². The van der Waals surface area contributed by atoms with Crippen LogP contribution in [0.25, 0.3) is 4.96 Å². The molecule has 0 bridgehead atoms. The van der Waals surface area contributed by atoms with Crippen LogP contribution < -0.4 is 5.73 Å². The predicted molar refractivity (Wildman–Crippen MR) is 70.1 cm³/mol. The minimum absolute atomic E-state index is 0.523. The van der Waals surface area contributed by atoms with Gasteiger partial charge in [-0.1, -0.05) is 0 Å². The Morgan fingerprint density at radius 2 is 2.47 bits per heavy atom. The first-order valence-electron chi connectivity index (χ1n) is 6.09. The number of hydrogen-bond acceptors (Lipinski definition) is 4. The zero-order chi connectivity index (χ0) is 11.8. The van der Waals surface area contributed by atoms with E-state index in [1.807, 2.05) is 0 Å². The Hall–Kier alpha value is -0.910. The van der Waals surface area contributed by atoms with Crippen LogP contribution in [0.4, 0.5) is 0 Å². The summed E-state index contributed by atoms with van der Waals surface area (Å²) in [7, 11) is 2.16. The van der Waals surface area contributed by atoms with E-state index < -0.39 is 0 Å². The highest BCUT2D eigenvalue weighted by Crippen LogP contribution is 2.34. The fourth-order valence-electron chi connectivity index (χ4n) is 2.44. The summed E-state index contributed by atoms with van der Waals surface area (Å²) in [6.07, 6.45) is 6.84. The maximum atomic E-state index is 5.86. The summed E-state index contributed by atoms with van der Waals surface area (Å²) in [4.78, 5) is 8.03. The van der Waals surface area contributed by atoms with Gasteiger partial charge in [-0.05, 0) is 25.8 Å². The number of nitrogens with zero attached hydrogens (tertiary/aromatic N) is 3. The fourth-order valence-corrected chi connectivity index (χ4v) is 3.16. The first-order chi connectivity index (χ1) is 8.28. The van der Waals surface area contributed by atoms with Crippen LogP contribution >= 0.6 is 11.3 Å². The molecule has 92 valence electrons. The zero-order valence-corrected chi connectivity index (χ0v) is 10.9. The van der Waals surface area contributed by atoms with E-state index in [4.69, 9.17) is 5.73 Å². The highest BCUT2D eigenvalue weighted by Gasteiger charge is 2.32. The minimum Gasteiger partial charge on any atom is -0.329 e. The number of nitrogens with two attached hydrogens (primary N) is 1. The Balaban J connectivity index is 1.71. The maximum absolute atomic E-state index is 5.86. The summed E-state index contributed by atoms with van der Waals surface area (Å²) in [5.74, 6) is 0.814. The zero-order valence-electron chi connectivity index (χ0n) is 10.0. The lowest BCUT2D eigenvalue weighted by molar-refractivity contribution is 0.213. The molecule has 1 aliphatic rings. The Kier molecular flexibility index (Phi) is 2.90. The van der Waals surface area contributed by atoms with Crippen molar-refractivity contribution < 1.29 is 0 Å². The molecule has 0 radical (unpaired) electrons. The van der Waals surface area contributed by atoms with Crippen LogP contribution in [-0.2, 0) is 6.54 Å². The van der Waals surface area contributed by atoms with Gasteiger partial charge in [-0.2, -0.15) is 0 Å². The summed E-state index contributed by atoms with van der Waals surface area (Å²) in [6, 6.07) is 0.523. The summed E-state index contributed by atoms with van der Waals surface area (Å²) < 4.78 is 2.09. The van der Waals surface area contributed by atoms with Crippen molar-refractivity contribution >= 4 is 16.3 Å². The number of rotatable bonds is 5. The van der Waals surface area contributed by atoms with E-state index in [9.17, 15) is 0 Å². The molecule has 1 atom stereocenters. The average Bonchev–Trinajstić information content (AvgIpc) is 2.89. The molecule has 1 aliphatic carbocycles. The van der Waals surface area contributed by atoms with E-state index in [-0.39, 0.29) is 0 Å². The van der Waals surface area contributed by atoms with Crippen LogP contribution in [0.3, 0.4) is 0 Å². The molecule has 2 aromatic heterocycles. The lowest BCUT2D eigenvalue weighted by atomic mass is 10.1. The molecule has 0 saturated heterocycles. The third-order valence-corrected chi connectivity index (χ3v) is 4.30. The molecule has 1 fully saturated rings. The number of hydrogen-bond donors (Lipinski definition) is 1. The van der Waals surface area contributed by atoms with Crippen molar-refractivity contribution in [2.75, 3.05) is 13.6 Å². The molecule has 2 N–H and O–H groups in total. The van der Waals surface area contributed by atoms with Gasteiger partial charge in [-0.3, -0.25) is 9.30 Å². The quantitative estimate of drug-likeness (QED) is 0.876. The van der Waals surface area contributed by atoms with E-state index in [1.54, 1.807) is 11.3 Å². The molecule has 0 spiro atoms. The molecule has 5 heteroatoms. The van der Waals surface area contributed by atoms with Gasteiger partial charge in [0.2, 0.25) is 0 Å². The SMILES string of the molecule is CN(Cc1cn2ccsc2n1)C(CN)C1CC1. The Bertz CT molecular complexity index is 471. The third-order valence-electron chi connectivity index (χ3n) is 3.53. The van der Waals surface area contributed by atoms with E-state index in [1.165, 1.54) is 12.8 Å². The molecule has 2 heterocycles. The summed E-state index contributed by atoms with van der Waals surface area (Å²) >= 11 is 1.68. The summed E-state index contributed by atoms with van der Waals surface area (Å²) in [5, 5.41) is 2.06. The van der Waals surface area contributed by atoms with Crippen molar-refractivity contribution in [2.45, 2.75) is 25.4 Å². The van der Waals surface area contributed by atoms with Gasteiger partial charge in [0, 0.05) is 36.9 Å². The first kappa shape index (κ1) is 11.2. The van der Waals surface area contributed by atoms with Crippen molar-refractivity contribution in [3.8, 4) is 0 Å².